The number of aromatic nitrogens is 5. The SMILES string of the molecule is CC[C@@]12CNC[C@@H](C[C@@](CC)(c3cn4c(=O)cc(-c5cc(C)c6nc(C)cn6n5)nc4s3)C1)O2. The summed E-state index contributed by atoms with van der Waals surface area (Å²) in [5, 5.41) is 8.25. The third-order valence-electron chi connectivity index (χ3n) is 7.72. The number of fused-ring (bicyclic) bond motifs is 4. The van der Waals surface area contributed by atoms with Gasteiger partial charge in [-0.05, 0) is 51.2 Å². The number of imidazole rings is 1. The number of aryl methyl sites for hydroxylation is 2. The van der Waals surface area contributed by atoms with Crippen molar-refractivity contribution in [3.63, 3.8) is 0 Å². The molecule has 2 aliphatic rings. The molecule has 0 radical (unpaired) electrons. The van der Waals surface area contributed by atoms with Crippen molar-refractivity contribution in [3.05, 3.63) is 51.0 Å². The summed E-state index contributed by atoms with van der Waals surface area (Å²) in [6.45, 7) is 10.2. The van der Waals surface area contributed by atoms with Crippen LogP contribution in [0.4, 0.5) is 0 Å². The number of rotatable bonds is 4. The number of hydrogen-bond donors (Lipinski definition) is 1. The highest BCUT2D eigenvalue weighted by atomic mass is 32.1. The summed E-state index contributed by atoms with van der Waals surface area (Å²) in [5.74, 6) is 0. The highest BCUT2D eigenvalue weighted by Gasteiger charge is 2.51. The Hall–Kier alpha value is -2.62. The first-order valence-corrected chi connectivity index (χ1v) is 12.9. The van der Waals surface area contributed by atoms with E-state index < -0.39 is 0 Å². The Morgan fingerprint density at radius 3 is 2.82 bits per heavy atom. The van der Waals surface area contributed by atoms with Gasteiger partial charge in [0.05, 0.1) is 29.3 Å². The molecule has 4 aromatic heterocycles. The van der Waals surface area contributed by atoms with Crippen LogP contribution in [0.3, 0.4) is 0 Å². The van der Waals surface area contributed by atoms with Gasteiger partial charge >= 0.3 is 0 Å². The zero-order valence-electron chi connectivity index (χ0n) is 20.1. The van der Waals surface area contributed by atoms with Crippen molar-refractivity contribution in [3.8, 4) is 11.4 Å². The minimum Gasteiger partial charge on any atom is -0.369 e. The van der Waals surface area contributed by atoms with E-state index in [2.05, 4.69) is 29.2 Å². The van der Waals surface area contributed by atoms with Crippen molar-refractivity contribution in [2.45, 2.75) is 70.5 Å². The first kappa shape index (κ1) is 21.9. The maximum Gasteiger partial charge on any atom is 0.259 e. The van der Waals surface area contributed by atoms with E-state index in [-0.39, 0.29) is 22.7 Å². The maximum absolute atomic E-state index is 13.2. The van der Waals surface area contributed by atoms with Crippen LogP contribution in [0, 0.1) is 13.8 Å². The van der Waals surface area contributed by atoms with Crippen LogP contribution < -0.4 is 10.9 Å². The lowest BCUT2D eigenvalue weighted by Gasteiger charge is -2.53. The van der Waals surface area contributed by atoms with Gasteiger partial charge in [0.15, 0.2) is 10.6 Å². The van der Waals surface area contributed by atoms with Gasteiger partial charge in [0.2, 0.25) is 0 Å². The molecule has 3 atom stereocenters. The molecule has 0 amide bonds. The van der Waals surface area contributed by atoms with E-state index in [1.54, 1.807) is 26.3 Å². The van der Waals surface area contributed by atoms with Crippen LogP contribution in [-0.2, 0) is 10.2 Å². The van der Waals surface area contributed by atoms with Crippen LogP contribution in [0.1, 0.15) is 55.7 Å². The van der Waals surface area contributed by atoms with Crippen LogP contribution >= 0.6 is 11.3 Å². The van der Waals surface area contributed by atoms with E-state index in [0.29, 0.717) is 16.3 Å². The zero-order valence-corrected chi connectivity index (χ0v) is 20.9. The van der Waals surface area contributed by atoms with Crippen LogP contribution in [0.5, 0.6) is 0 Å². The Morgan fingerprint density at radius 2 is 2.03 bits per heavy atom. The average Bonchev–Trinajstić information content (AvgIpc) is 3.42. The van der Waals surface area contributed by atoms with Crippen LogP contribution in [-0.4, -0.2) is 48.8 Å². The van der Waals surface area contributed by atoms with Crippen molar-refractivity contribution in [2.24, 2.45) is 0 Å². The lowest BCUT2D eigenvalue weighted by Crippen LogP contribution is -2.61. The molecule has 4 aromatic rings. The molecule has 9 heteroatoms. The van der Waals surface area contributed by atoms with Crippen molar-refractivity contribution in [2.75, 3.05) is 13.1 Å². The second kappa shape index (κ2) is 7.69. The highest BCUT2D eigenvalue weighted by Crippen LogP contribution is 2.50. The molecule has 8 nitrogen and oxygen atoms in total. The van der Waals surface area contributed by atoms with E-state index in [9.17, 15) is 4.79 Å². The Morgan fingerprint density at radius 1 is 1.18 bits per heavy atom. The van der Waals surface area contributed by atoms with Gasteiger partial charge in [-0.1, -0.05) is 13.8 Å². The molecule has 0 saturated carbocycles. The van der Waals surface area contributed by atoms with Crippen molar-refractivity contribution >= 4 is 21.9 Å². The van der Waals surface area contributed by atoms with Crippen LogP contribution in [0.2, 0.25) is 0 Å². The summed E-state index contributed by atoms with van der Waals surface area (Å²) >= 11 is 1.64. The first-order valence-electron chi connectivity index (χ1n) is 12.1. The lowest BCUT2D eigenvalue weighted by atomic mass is 9.67. The molecule has 1 N–H and O–H groups in total. The van der Waals surface area contributed by atoms with E-state index in [0.717, 1.165) is 55.7 Å². The molecular formula is C25H30N6O2S. The monoisotopic (exact) mass is 478 g/mol. The molecule has 2 fully saturated rings. The Bertz CT molecular complexity index is 1470. The third-order valence-corrected chi connectivity index (χ3v) is 8.95. The van der Waals surface area contributed by atoms with Gasteiger partial charge in [-0.25, -0.2) is 14.5 Å². The maximum atomic E-state index is 13.2. The number of nitrogens with zero attached hydrogens (tertiary/aromatic N) is 5. The van der Waals surface area contributed by atoms with Gasteiger partial charge in [0, 0.05) is 35.6 Å². The lowest BCUT2D eigenvalue weighted by molar-refractivity contribution is -0.172. The molecule has 2 bridgehead atoms. The summed E-state index contributed by atoms with van der Waals surface area (Å²) < 4.78 is 9.98. The number of morpholine rings is 1. The summed E-state index contributed by atoms with van der Waals surface area (Å²) in [7, 11) is 0. The van der Waals surface area contributed by atoms with Gasteiger partial charge in [-0.15, -0.1) is 11.3 Å². The Labute approximate surface area is 202 Å². The predicted molar refractivity (Wildman–Crippen MR) is 133 cm³/mol. The minimum absolute atomic E-state index is 0.00587. The molecule has 0 unspecified atom stereocenters. The molecular weight excluding hydrogens is 448 g/mol. The zero-order chi connectivity index (χ0) is 23.7. The van der Waals surface area contributed by atoms with E-state index >= 15 is 0 Å². The van der Waals surface area contributed by atoms with Crippen LogP contribution in [0.25, 0.3) is 22.0 Å². The quantitative estimate of drug-likeness (QED) is 0.482. The van der Waals surface area contributed by atoms with Gasteiger partial charge < -0.3 is 10.1 Å². The molecule has 6 rings (SSSR count). The fourth-order valence-electron chi connectivity index (χ4n) is 5.85. The Kier molecular flexibility index (Phi) is 4.95. The Balaban J connectivity index is 1.45. The summed E-state index contributed by atoms with van der Waals surface area (Å²) in [6.07, 6.45) is 8.04. The highest BCUT2D eigenvalue weighted by molar-refractivity contribution is 7.17. The molecule has 0 spiro atoms. The average molecular weight is 479 g/mol. The number of ether oxygens (including phenoxy) is 1. The molecule has 178 valence electrons. The van der Waals surface area contributed by atoms with Gasteiger partial charge in [-0.3, -0.25) is 9.20 Å². The first-order chi connectivity index (χ1) is 16.3. The van der Waals surface area contributed by atoms with Gasteiger partial charge in [0.1, 0.15) is 5.69 Å². The van der Waals surface area contributed by atoms with Gasteiger partial charge in [0.25, 0.3) is 5.56 Å². The van der Waals surface area contributed by atoms with Crippen molar-refractivity contribution in [1.29, 1.82) is 0 Å². The van der Waals surface area contributed by atoms with E-state index in [1.165, 1.54) is 4.88 Å². The van der Waals surface area contributed by atoms with Crippen molar-refractivity contribution < 1.29 is 4.74 Å². The fourth-order valence-corrected chi connectivity index (χ4v) is 7.11. The molecule has 34 heavy (non-hydrogen) atoms. The fraction of sp³-hybridized carbons (Fsp3) is 0.520. The van der Waals surface area contributed by atoms with Crippen molar-refractivity contribution in [1.82, 2.24) is 29.3 Å². The number of nitrogens with one attached hydrogen (secondary N) is 1. The normalized spacial score (nSPS) is 27.0. The summed E-state index contributed by atoms with van der Waals surface area (Å²) in [4.78, 5) is 24.5. The molecule has 0 aliphatic carbocycles. The molecule has 2 aliphatic heterocycles. The summed E-state index contributed by atoms with van der Waals surface area (Å²) in [5.41, 5.74) is 3.79. The second-order valence-electron chi connectivity index (χ2n) is 10.0. The smallest absolute Gasteiger partial charge is 0.259 e. The molecule has 2 saturated heterocycles. The van der Waals surface area contributed by atoms with Crippen LogP contribution in [0.15, 0.2) is 29.3 Å². The van der Waals surface area contributed by atoms with E-state index in [1.807, 2.05) is 32.3 Å². The minimum atomic E-state index is -0.142. The van der Waals surface area contributed by atoms with E-state index in [4.69, 9.17) is 9.72 Å². The van der Waals surface area contributed by atoms with Gasteiger partial charge in [-0.2, -0.15) is 5.10 Å². The summed E-state index contributed by atoms with van der Waals surface area (Å²) in [6, 6.07) is 3.55. The predicted octanol–water partition coefficient (Wildman–Crippen LogP) is 3.66. The molecule has 6 heterocycles. The second-order valence-corrected chi connectivity index (χ2v) is 11.0. The third kappa shape index (κ3) is 3.32. The molecule has 0 aromatic carbocycles. The number of hydrogen-bond acceptors (Lipinski definition) is 7. The topological polar surface area (TPSA) is 85.8 Å². The standard InChI is InChI=1S/C25H30N6O2S/c1-5-24(9-17-10-26-14-25(6-2,13-24)33-17)20-12-30-21(32)8-18(28-23(30)34-20)19-7-15(3)22-27-16(4)11-31(22)29-19/h7-8,11-12,17,26H,5-6,9-10,13-14H2,1-4H3/t17-,24-,25+/m1/s1. The number of thiazole rings is 1. The largest absolute Gasteiger partial charge is 0.369 e.